The molecule has 0 aliphatic heterocycles. The molecule has 0 unspecified atom stereocenters. The van der Waals surface area contributed by atoms with E-state index in [4.69, 9.17) is 9.84 Å². The number of carboxylic acid groups (broad SMARTS) is 1. The summed E-state index contributed by atoms with van der Waals surface area (Å²) in [5.41, 5.74) is 2.43. The Kier molecular flexibility index (Phi) is 6.94. The quantitative estimate of drug-likeness (QED) is 0.703. The van der Waals surface area contributed by atoms with Crippen LogP contribution in [0.2, 0.25) is 0 Å². The lowest BCUT2D eigenvalue weighted by Gasteiger charge is -2.09. The van der Waals surface area contributed by atoms with E-state index in [1.165, 1.54) is 7.11 Å². The third-order valence-electron chi connectivity index (χ3n) is 3.61. The zero-order chi connectivity index (χ0) is 18.2. The summed E-state index contributed by atoms with van der Waals surface area (Å²) in [7, 11) is 1.47. The molecule has 2 rings (SSSR count). The number of hydrogen-bond donors (Lipinski definition) is 2. The van der Waals surface area contributed by atoms with Gasteiger partial charge in [-0.05, 0) is 46.0 Å². The lowest BCUT2D eigenvalue weighted by atomic mass is 10.1. The van der Waals surface area contributed by atoms with Crippen molar-refractivity contribution < 1.29 is 19.4 Å². The average Bonchev–Trinajstić information content (AvgIpc) is 2.60. The molecule has 2 aromatic rings. The van der Waals surface area contributed by atoms with Crippen molar-refractivity contribution in [2.75, 3.05) is 13.7 Å². The van der Waals surface area contributed by atoms with Crippen LogP contribution in [-0.2, 0) is 17.6 Å². The van der Waals surface area contributed by atoms with Gasteiger partial charge in [0, 0.05) is 23.6 Å². The van der Waals surface area contributed by atoms with E-state index in [0.717, 1.165) is 11.1 Å². The molecular weight excluding hydrogens is 388 g/mol. The first-order chi connectivity index (χ1) is 12.0. The molecule has 7 heteroatoms. The van der Waals surface area contributed by atoms with Gasteiger partial charge >= 0.3 is 5.97 Å². The molecule has 6 nitrogen and oxygen atoms in total. The van der Waals surface area contributed by atoms with Crippen LogP contribution in [0.15, 0.2) is 41.0 Å². The lowest BCUT2D eigenvalue weighted by Crippen LogP contribution is -2.26. The molecule has 0 saturated carbocycles. The van der Waals surface area contributed by atoms with E-state index in [0.29, 0.717) is 29.4 Å². The number of methoxy groups -OCH3 is 1. The maximum atomic E-state index is 12.3. The van der Waals surface area contributed by atoms with Gasteiger partial charge in [0.2, 0.25) is 5.88 Å². The van der Waals surface area contributed by atoms with Crippen molar-refractivity contribution in [2.24, 2.45) is 0 Å². The normalized spacial score (nSPS) is 10.3. The number of carbonyl (C=O) groups excluding carboxylic acids is 1. The molecule has 1 aromatic carbocycles. The Labute approximate surface area is 154 Å². The fourth-order valence-electron chi connectivity index (χ4n) is 2.29. The van der Waals surface area contributed by atoms with Crippen LogP contribution >= 0.6 is 15.9 Å². The fourth-order valence-corrected chi connectivity index (χ4v) is 2.62. The largest absolute Gasteiger partial charge is 0.481 e. The summed E-state index contributed by atoms with van der Waals surface area (Å²) in [5, 5.41) is 11.5. The second-order valence-corrected chi connectivity index (χ2v) is 6.34. The van der Waals surface area contributed by atoms with Crippen LogP contribution in [0.3, 0.4) is 0 Å². The topological polar surface area (TPSA) is 88.5 Å². The summed E-state index contributed by atoms with van der Waals surface area (Å²) in [6, 6.07) is 9.40. The Morgan fingerprint density at radius 2 is 1.84 bits per heavy atom. The minimum Gasteiger partial charge on any atom is -0.481 e. The Hall–Kier alpha value is -2.41. The van der Waals surface area contributed by atoms with Crippen molar-refractivity contribution in [2.45, 2.75) is 19.3 Å². The van der Waals surface area contributed by atoms with Gasteiger partial charge in [0.25, 0.3) is 5.91 Å². The number of ether oxygens (including phenoxy) is 1. The number of benzene rings is 1. The van der Waals surface area contributed by atoms with E-state index in [2.05, 4.69) is 26.2 Å². The van der Waals surface area contributed by atoms with E-state index in [1.807, 2.05) is 24.3 Å². The summed E-state index contributed by atoms with van der Waals surface area (Å²) >= 11 is 3.29. The summed E-state index contributed by atoms with van der Waals surface area (Å²) < 4.78 is 5.81. The molecule has 0 aliphatic carbocycles. The highest BCUT2D eigenvalue weighted by molar-refractivity contribution is 9.10. The van der Waals surface area contributed by atoms with Crippen LogP contribution in [-0.4, -0.2) is 35.6 Å². The second kappa shape index (κ2) is 9.17. The number of aliphatic carboxylic acids is 1. The predicted octanol–water partition coefficient (Wildman–Crippen LogP) is 2.84. The van der Waals surface area contributed by atoms with Crippen molar-refractivity contribution in [3.8, 4) is 5.88 Å². The van der Waals surface area contributed by atoms with Gasteiger partial charge in [0.15, 0.2) is 0 Å². The lowest BCUT2D eigenvalue weighted by molar-refractivity contribution is -0.136. The monoisotopic (exact) mass is 406 g/mol. The SMILES string of the molecule is COc1ncc(Br)cc1C(=O)NCCc1ccc(CCC(=O)O)cc1. The summed E-state index contributed by atoms with van der Waals surface area (Å²) in [4.78, 5) is 26.9. The average molecular weight is 407 g/mol. The fraction of sp³-hybridized carbons (Fsp3) is 0.278. The minimum atomic E-state index is -0.802. The van der Waals surface area contributed by atoms with Crippen molar-refractivity contribution >= 4 is 27.8 Å². The zero-order valence-electron chi connectivity index (χ0n) is 13.8. The number of aryl methyl sites for hydroxylation is 1. The van der Waals surface area contributed by atoms with Gasteiger partial charge in [0.1, 0.15) is 5.56 Å². The highest BCUT2D eigenvalue weighted by atomic mass is 79.9. The molecule has 25 heavy (non-hydrogen) atoms. The zero-order valence-corrected chi connectivity index (χ0v) is 15.4. The van der Waals surface area contributed by atoms with E-state index >= 15 is 0 Å². The highest BCUT2D eigenvalue weighted by Gasteiger charge is 2.13. The van der Waals surface area contributed by atoms with E-state index < -0.39 is 5.97 Å². The molecule has 0 aliphatic rings. The van der Waals surface area contributed by atoms with Crippen LogP contribution in [0, 0.1) is 0 Å². The maximum absolute atomic E-state index is 12.3. The molecule has 0 saturated heterocycles. The van der Waals surface area contributed by atoms with Crippen molar-refractivity contribution in [1.82, 2.24) is 10.3 Å². The maximum Gasteiger partial charge on any atom is 0.303 e. The van der Waals surface area contributed by atoms with Gasteiger partial charge in [-0.2, -0.15) is 0 Å². The molecule has 0 spiro atoms. The Morgan fingerprint density at radius 3 is 2.44 bits per heavy atom. The van der Waals surface area contributed by atoms with E-state index in [-0.39, 0.29) is 18.2 Å². The number of nitrogens with one attached hydrogen (secondary N) is 1. The smallest absolute Gasteiger partial charge is 0.303 e. The number of carbonyl (C=O) groups is 2. The van der Waals surface area contributed by atoms with Crippen molar-refractivity contribution in [3.63, 3.8) is 0 Å². The van der Waals surface area contributed by atoms with E-state index in [1.54, 1.807) is 12.3 Å². The number of aromatic nitrogens is 1. The Bertz CT molecular complexity index is 747. The molecule has 1 amide bonds. The summed E-state index contributed by atoms with van der Waals surface area (Å²) in [5.74, 6) is -0.767. The van der Waals surface area contributed by atoms with Crippen LogP contribution in [0.1, 0.15) is 27.9 Å². The predicted molar refractivity (Wildman–Crippen MR) is 96.9 cm³/mol. The van der Waals surface area contributed by atoms with Gasteiger partial charge in [-0.15, -0.1) is 0 Å². The number of nitrogens with zero attached hydrogens (tertiary/aromatic N) is 1. The van der Waals surface area contributed by atoms with Crippen LogP contribution < -0.4 is 10.1 Å². The van der Waals surface area contributed by atoms with Crippen molar-refractivity contribution in [3.05, 3.63) is 57.7 Å². The number of amides is 1. The second-order valence-electron chi connectivity index (χ2n) is 5.43. The summed E-state index contributed by atoms with van der Waals surface area (Å²) in [6.07, 6.45) is 2.89. The highest BCUT2D eigenvalue weighted by Crippen LogP contribution is 2.19. The minimum absolute atomic E-state index is 0.123. The van der Waals surface area contributed by atoms with Gasteiger partial charge in [-0.3, -0.25) is 9.59 Å². The van der Waals surface area contributed by atoms with Gasteiger partial charge < -0.3 is 15.2 Å². The Balaban J connectivity index is 1.87. The molecule has 132 valence electrons. The molecule has 1 heterocycles. The molecule has 0 fully saturated rings. The standard InChI is InChI=1S/C18H19BrN2O4/c1-25-18-15(10-14(19)11-21-18)17(24)20-9-8-13-4-2-12(3-5-13)6-7-16(22)23/h2-5,10-11H,6-9H2,1H3,(H,20,24)(H,22,23). The molecule has 0 atom stereocenters. The number of halogens is 1. The first-order valence-corrected chi connectivity index (χ1v) is 8.56. The first kappa shape index (κ1) is 18.9. The third-order valence-corrected chi connectivity index (χ3v) is 4.04. The van der Waals surface area contributed by atoms with Crippen molar-refractivity contribution in [1.29, 1.82) is 0 Å². The van der Waals surface area contributed by atoms with E-state index in [9.17, 15) is 9.59 Å². The van der Waals surface area contributed by atoms with Crippen LogP contribution in [0.4, 0.5) is 0 Å². The Morgan fingerprint density at radius 1 is 1.20 bits per heavy atom. The van der Waals surface area contributed by atoms with Gasteiger partial charge in [-0.1, -0.05) is 24.3 Å². The molecule has 2 N–H and O–H groups in total. The molecule has 0 bridgehead atoms. The van der Waals surface area contributed by atoms with Gasteiger partial charge in [0.05, 0.1) is 7.11 Å². The van der Waals surface area contributed by atoms with Gasteiger partial charge in [-0.25, -0.2) is 4.98 Å². The molecular formula is C18H19BrN2O4. The van der Waals surface area contributed by atoms with Crippen LogP contribution in [0.25, 0.3) is 0 Å². The number of rotatable bonds is 8. The number of hydrogen-bond acceptors (Lipinski definition) is 4. The third kappa shape index (κ3) is 5.86. The first-order valence-electron chi connectivity index (χ1n) is 7.77. The number of pyridine rings is 1. The summed E-state index contributed by atoms with van der Waals surface area (Å²) in [6.45, 7) is 0.475. The number of carboxylic acids is 1. The molecule has 0 radical (unpaired) electrons. The molecule has 1 aromatic heterocycles. The van der Waals surface area contributed by atoms with Crippen LogP contribution in [0.5, 0.6) is 5.88 Å².